The fourth-order valence-electron chi connectivity index (χ4n) is 2.32. The molecule has 0 aliphatic carbocycles. The fourth-order valence-corrected chi connectivity index (χ4v) is 2.32. The molecule has 2 aromatic rings. The molecule has 1 amide bonds. The highest BCUT2D eigenvalue weighted by atomic mass is 16.1. The van der Waals surface area contributed by atoms with E-state index in [9.17, 15) is 4.79 Å². The number of hydrogen-bond donors (Lipinski definition) is 1. The summed E-state index contributed by atoms with van der Waals surface area (Å²) in [6.45, 7) is 3.38. The molecular weight excluding hydrogens is 260 g/mol. The molecule has 0 heterocycles. The Kier molecular flexibility index (Phi) is 5.12. The van der Waals surface area contributed by atoms with Gasteiger partial charge in [-0.05, 0) is 43.8 Å². The van der Waals surface area contributed by atoms with Gasteiger partial charge in [0.05, 0.1) is 0 Å². The second kappa shape index (κ2) is 7.04. The van der Waals surface area contributed by atoms with Crippen LogP contribution in [0.15, 0.2) is 48.5 Å². The summed E-state index contributed by atoms with van der Waals surface area (Å²) in [6.07, 6.45) is 0. The van der Waals surface area contributed by atoms with E-state index in [1.165, 1.54) is 5.56 Å². The first-order chi connectivity index (χ1) is 10.1. The Balaban J connectivity index is 2.07. The van der Waals surface area contributed by atoms with Crippen LogP contribution in [0.5, 0.6) is 0 Å². The van der Waals surface area contributed by atoms with Gasteiger partial charge in [-0.3, -0.25) is 4.79 Å². The Hall–Kier alpha value is -2.13. The highest BCUT2D eigenvalue weighted by molar-refractivity contribution is 5.95. The summed E-state index contributed by atoms with van der Waals surface area (Å²) in [7, 11) is 4.09. The lowest BCUT2D eigenvalue weighted by molar-refractivity contribution is 0.0950. The molecule has 0 atom stereocenters. The molecule has 0 spiro atoms. The Morgan fingerprint density at radius 3 is 2.29 bits per heavy atom. The molecule has 0 unspecified atom stereocenters. The highest BCUT2D eigenvalue weighted by Gasteiger charge is 2.09. The average molecular weight is 282 g/mol. The number of amides is 1. The third-order valence-corrected chi connectivity index (χ3v) is 3.43. The van der Waals surface area contributed by atoms with Gasteiger partial charge in [-0.1, -0.05) is 42.5 Å². The first kappa shape index (κ1) is 15.3. The van der Waals surface area contributed by atoms with Gasteiger partial charge in [0.15, 0.2) is 0 Å². The summed E-state index contributed by atoms with van der Waals surface area (Å²) in [5.41, 5.74) is 4.14. The molecular formula is C18H22N2O. The molecule has 0 aromatic heterocycles. The molecule has 0 aliphatic heterocycles. The van der Waals surface area contributed by atoms with Gasteiger partial charge < -0.3 is 10.2 Å². The van der Waals surface area contributed by atoms with Crippen molar-refractivity contribution >= 4 is 5.91 Å². The maximum atomic E-state index is 12.3. The highest BCUT2D eigenvalue weighted by Crippen LogP contribution is 2.11. The third-order valence-electron chi connectivity index (χ3n) is 3.43. The molecule has 2 aromatic carbocycles. The topological polar surface area (TPSA) is 32.3 Å². The smallest absolute Gasteiger partial charge is 0.251 e. The van der Waals surface area contributed by atoms with E-state index in [1.807, 2.05) is 57.4 Å². The quantitative estimate of drug-likeness (QED) is 0.914. The van der Waals surface area contributed by atoms with E-state index in [-0.39, 0.29) is 5.91 Å². The van der Waals surface area contributed by atoms with E-state index in [2.05, 4.69) is 22.3 Å². The fraction of sp³-hybridized carbons (Fsp3) is 0.278. The monoisotopic (exact) mass is 282 g/mol. The number of carbonyl (C=O) groups excluding carboxylic acids is 1. The summed E-state index contributed by atoms with van der Waals surface area (Å²) in [4.78, 5) is 14.4. The van der Waals surface area contributed by atoms with Gasteiger partial charge in [0.1, 0.15) is 0 Å². The number of hydrogen-bond acceptors (Lipinski definition) is 2. The molecule has 0 aliphatic rings. The van der Waals surface area contributed by atoms with Crippen molar-refractivity contribution in [3.63, 3.8) is 0 Å². The standard InChI is InChI=1S/C18H22N2O/c1-14-8-4-7-11-17(14)18(21)19-12-15-9-5-6-10-16(15)13-20(2)3/h4-11H,12-13H2,1-3H3,(H,19,21). The normalized spacial score (nSPS) is 10.7. The Morgan fingerprint density at radius 2 is 1.62 bits per heavy atom. The summed E-state index contributed by atoms with van der Waals surface area (Å²) in [6, 6.07) is 15.9. The maximum absolute atomic E-state index is 12.3. The van der Waals surface area contributed by atoms with Crippen LogP contribution in [0, 0.1) is 6.92 Å². The molecule has 3 heteroatoms. The molecule has 0 fully saturated rings. The summed E-state index contributed by atoms with van der Waals surface area (Å²) in [5, 5.41) is 3.01. The summed E-state index contributed by atoms with van der Waals surface area (Å²) < 4.78 is 0. The van der Waals surface area contributed by atoms with Gasteiger partial charge in [0.25, 0.3) is 5.91 Å². The molecule has 0 saturated carbocycles. The molecule has 1 N–H and O–H groups in total. The summed E-state index contributed by atoms with van der Waals surface area (Å²) in [5.74, 6) is -0.0206. The third kappa shape index (κ3) is 4.17. The van der Waals surface area contributed by atoms with Crippen LogP contribution >= 0.6 is 0 Å². The lowest BCUT2D eigenvalue weighted by atomic mass is 10.1. The Bertz CT molecular complexity index is 620. The number of rotatable bonds is 5. The van der Waals surface area contributed by atoms with Crippen molar-refractivity contribution in [2.75, 3.05) is 14.1 Å². The minimum Gasteiger partial charge on any atom is -0.348 e. The molecule has 3 nitrogen and oxygen atoms in total. The van der Waals surface area contributed by atoms with Crippen LogP contribution in [-0.2, 0) is 13.1 Å². The first-order valence-electron chi connectivity index (χ1n) is 7.13. The van der Waals surface area contributed by atoms with Gasteiger partial charge in [-0.25, -0.2) is 0 Å². The SMILES string of the molecule is Cc1ccccc1C(=O)NCc1ccccc1CN(C)C. The van der Waals surface area contributed by atoms with Gasteiger partial charge in [0.2, 0.25) is 0 Å². The first-order valence-corrected chi connectivity index (χ1v) is 7.13. The van der Waals surface area contributed by atoms with Crippen molar-refractivity contribution in [3.05, 3.63) is 70.8 Å². The van der Waals surface area contributed by atoms with Crippen molar-refractivity contribution in [2.24, 2.45) is 0 Å². The van der Waals surface area contributed by atoms with Crippen LogP contribution in [-0.4, -0.2) is 24.9 Å². The lowest BCUT2D eigenvalue weighted by Gasteiger charge is -2.15. The predicted octanol–water partition coefficient (Wildman–Crippen LogP) is 2.99. The van der Waals surface area contributed by atoms with Crippen LogP contribution in [0.3, 0.4) is 0 Å². The lowest BCUT2D eigenvalue weighted by Crippen LogP contribution is -2.24. The second-order valence-electron chi connectivity index (χ2n) is 5.50. The van der Waals surface area contributed by atoms with Gasteiger partial charge >= 0.3 is 0 Å². The number of aryl methyl sites for hydroxylation is 1. The molecule has 0 saturated heterocycles. The number of nitrogens with zero attached hydrogens (tertiary/aromatic N) is 1. The van der Waals surface area contributed by atoms with Gasteiger partial charge in [-0.2, -0.15) is 0 Å². The molecule has 0 bridgehead atoms. The zero-order valence-corrected chi connectivity index (χ0v) is 12.9. The van der Waals surface area contributed by atoms with E-state index < -0.39 is 0 Å². The average Bonchev–Trinajstić information content (AvgIpc) is 2.46. The second-order valence-corrected chi connectivity index (χ2v) is 5.50. The van der Waals surface area contributed by atoms with Crippen LogP contribution in [0.1, 0.15) is 27.0 Å². The minimum atomic E-state index is -0.0206. The number of benzene rings is 2. The van der Waals surface area contributed by atoms with Crippen molar-refractivity contribution in [3.8, 4) is 0 Å². The van der Waals surface area contributed by atoms with Crippen LogP contribution in [0.25, 0.3) is 0 Å². The Labute approximate surface area is 126 Å². The largest absolute Gasteiger partial charge is 0.348 e. The molecule has 0 radical (unpaired) electrons. The van der Waals surface area contributed by atoms with E-state index >= 15 is 0 Å². The van der Waals surface area contributed by atoms with Crippen molar-refractivity contribution < 1.29 is 4.79 Å². The van der Waals surface area contributed by atoms with Crippen molar-refractivity contribution in [2.45, 2.75) is 20.0 Å². The molecule has 110 valence electrons. The zero-order valence-electron chi connectivity index (χ0n) is 12.9. The predicted molar refractivity (Wildman–Crippen MR) is 86.2 cm³/mol. The van der Waals surface area contributed by atoms with Crippen molar-refractivity contribution in [1.29, 1.82) is 0 Å². The van der Waals surface area contributed by atoms with Gasteiger partial charge in [0, 0.05) is 18.7 Å². The van der Waals surface area contributed by atoms with E-state index in [0.29, 0.717) is 6.54 Å². The molecule has 2 rings (SSSR count). The summed E-state index contributed by atoms with van der Waals surface area (Å²) >= 11 is 0. The van der Waals surface area contributed by atoms with Crippen LogP contribution in [0.4, 0.5) is 0 Å². The number of nitrogens with one attached hydrogen (secondary N) is 1. The van der Waals surface area contributed by atoms with E-state index in [4.69, 9.17) is 0 Å². The van der Waals surface area contributed by atoms with Crippen molar-refractivity contribution in [1.82, 2.24) is 10.2 Å². The number of carbonyl (C=O) groups is 1. The maximum Gasteiger partial charge on any atom is 0.251 e. The van der Waals surface area contributed by atoms with Crippen LogP contribution in [0.2, 0.25) is 0 Å². The minimum absolute atomic E-state index is 0.0206. The van der Waals surface area contributed by atoms with Crippen LogP contribution < -0.4 is 5.32 Å². The van der Waals surface area contributed by atoms with Gasteiger partial charge in [-0.15, -0.1) is 0 Å². The molecule has 21 heavy (non-hydrogen) atoms. The Morgan fingerprint density at radius 1 is 1.00 bits per heavy atom. The zero-order chi connectivity index (χ0) is 15.2. The van der Waals surface area contributed by atoms with E-state index in [1.54, 1.807) is 0 Å². The van der Waals surface area contributed by atoms with E-state index in [0.717, 1.165) is 23.2 Å².